The highest BCUT2D eigenvalue weighted by molar-refractivity contribution is 6.31. The highest BCUT2D eigenvalue weighted by Gasteiger charge is 2.08. The van der Waals surface area contributed by atoms with Gasteiger partial charge in [0.15, 0.2) is 11.5 Å². The first kappa shape index (κ1) is 21.4. The normalized spacial score (nSPS) is 10.8. The molecular weight excluding hydrogens is 400 g/mol. The largest absolute Gasteiger partial charge is 0.490 e. The standard InChI is InChI=1S/C24H23ClN2O3/c1-3-29-23-14-18(15-26-27-24(28)19-9-6-7-17(2)13-19)11-12-22(23)30-16-20-8-4-5-10-21(20)25/h4-15H,3,16H2,1-2H3,(H,27,28)/b26-15+. The molecule has 0 fully saturated rings. The van der Waals surface area contributed by atoms with E-state index < -0.39 is 0 Å². The first-order valence-corrected chi connectivity index (χ1v) is 9.97. The minimum atomic E-state index is -0.264. The number of halogens is 1. The van der Waals surface area contributed by atoms with Crippen LogP contribution in [0.1, 0.15) is 34.0 Å². The second-order valence-electron chi connectivity index (χ2n) is 6.59. The summed E-state index contributed by atoms with van der Waals surface area (Å²) in [4.78, 5) is 12.2. The van der Waals surface area contributed by atoms with Crippen molar-refractivity contribution in [3.05, 3.63) is 94.0 Å². The van der Waals surface area contributed by atoms with Crippen LogP contribution in [0, 0.1) is 6.92 Å². The third-order valence-corrected chi connectivity index (χ3v) is 4.64. The molecular formula is C24H23ClN2O3. The predicted octanol–water partition coefficient (Wildman–Crippen LogP) is 5.39. The molecule has 0 aliphatic carbocycles. The third-order valence-electron chi connectivity index (χ3n) is 4.27. The molecule has 6 heteroatoms. The quantitative estimate of drug-likeness (QED) is 0.391. The van der Waals surface area contributed by atoms with Crippen LogP contribution in [0.3, 0.4) is 0 Å². The third kappa shape index (κ3) is 5.84. The molecule has 0 bridgehead atoms. The van der Waals surface area contributed by atoms with Crippen molar-refractivity contribution in [2.24, 2.45) is 5.10 Å². The van der Waals surface area contributed by atoms with E-state index in [4.69, 9.17) is 21.1 Å². The van der Waals surface area contributed by atoms with E-state index in [0.717, 1.165) is 16.7 Å². The number of nitrogens with zero attached hydrogens (tertiary/aromatic N) is 1. The van der Waals surface area contributed by atoms with E-state index in [9.17, 15) is 4.79 Å². The van der Waals surface area contributed by atoms with Gasteiger partial charge in [-0.15, -0.1) is 0 Å². The van der Waals surface area contributed by atoms with Gasteiger partial charge in [-0.3, -0.25) is 4.79 Å². The summed E-state index contributed by atoms with van der Waals surface area (Å²) in [5.41, 5.74) is 5.78. The van der Waals surface area contributed by atoms with Gasteiger partial charge in [0.2, 0.25) is 0 Å². The van der Waals surface area contributed by atoms with Crippen molar-refractivity contribution in [2.75, 3.05) is 6.61 Å². The number of amides is 1. The molecule has 5 nitrogen and oxygen atoms in total. The lowest BCUT2D eigenvalue weighted by atomic mass is 10.1. The number of hydrogen-bond donors (Lipinski definition) is 1. The Morgan fingerprint density at radius 2 is 1.87 bits per heavy atom. The number of hydrazone groups is 1. The van der Waals surface area contributed by atoms with Crippen molar-refractivity contribution < 1.29 is 14.3 Å². The van der Waals surface area contributed by atoms with Crippen LogP contribution < -0.4 is 14.9 Å². The number of carbonyl (C=O) groups excluding carboxylic acids is 1. The molecule has 0 heterocycles. The minimum Gasteiger partial charge on any atom is -0.490 e. The van der Waals surface area contributed by atoms with E-state index in [2.05, 4.69) is 10.5 Å². The molecule has 1 amide bonds. The van der Waals surface area contributed by atoms with Gasteiger partial charge < -0.3 is 9.47 Å². The van der Waals surface area contributed by atoms with Gasteiger partial charge in [-0.1, -0.05) is 47.5 Å². The lowest BCUT2D eigenvalue weighted by Crippen LogP contribution is -2.17. The first-order valence-electron chi connectivity index (χ1n) is 9.60. The molecule has 30 heavy (non-hydrogen) atoms. The Balaban J connectivity index is 1.67. The van der Waals surface area contributed by atoms with Crippen molar-refractivity contribution in [3.8, 4) is 11.5 Å². The zero-order valence-corrected chi connectivity index (χ0v) is 17.6. The van der Waals surface area contributed by atoms with Crippen LogP contribution in [-0.4, -0.2) is 18.7 Å². The highest BCUT2D eigenvalue weighted by Crippen LogP contribution is 2.29. The van der Waals surface area contributed by atoms with Gasteiger partial charge in [-0.25, -0.2) is 5.43 Å². The number of carbonyl (C=O) groups is 1. The van der Waals surface area contributed by atoms with Gasteiger partial charge >= 0.3 is 0 Å². The highest BCUT2D eigenvalue weighted by atomic mass is 35.5. The van der Waals surface area contributed by atoms with Crippen LogP contribution in [0.2, 0.25) is 5.02 Å². The monoisotopic (exact) mass is 422 g/mol. The maximum absolute atomic E-state index is 12.2. The van der Waals surface area contributed by atoms with Crippen LogP contribution in [0.15, 0.2) is 71.8 Å². The maximum Gasteiger partial charge on any atom is 0.271 e. The van der Waals surface area contributed by atoms with Crippen molar-refractivity contribution in [1.82, 2.24) is 5.43 Å². The topological polar surface area (TPSA) is 59.9 Å². The molecule has 0 aromatic heterocycles. The van der Waals surface area contributed by atoms with Crippen LogP contribution in [-0.2, 0) is 6.61 Å². The summed E-state index contributed by atoms with van der Waals surface area (Å²) in [6, 6.07) is 20.3. The number of hydrogen-bond acceptors (Lipinski definition) is 4. The summed E-state index contributed by atoms with van der Waals surface area (Å²) in [5.74, 6) is 0.941. The summed E-state index contributed by atoms with van der Waals surface area (Å²) in [6.07, 6.45) is 1.56. The molecule has 3 aromatic carbocycles. The van der Waals surface area contributed by atoms with Gasteiger partial charge in [0.05, 0.1) is 12.8 Å². The minimum absolute atomic E-state index is 0.264. The molecule has 0 atom stereocenters. The SMILES string of the molecule is CCOc1cc(/C=N/NC(=O)c2cccc(C)c2)ccc1OCc1ccccc1Cl. The number of nitrogens with one attached hydrogen (secondary N) is 1. The Labute approximate surface area is 181 Å². The van der Waals surface area contributed by atoms with Gasteiger partial charge in [0, 0.05) is 16.1 Å². The molecule has 0 unspecified atom stereocenters. The second-order valence-corrected chi connectivity index (χ2v) is 7.00. The summed E-state index contributed by atoms with van der Waals surface area (Å²) < 4.78 is 11.6. The van der Waals surface area contributed by atoms with Crippen LogP contribution in [0.4, 0.5) is 0 Å². The van der Waals surface area contributed by atoms with Gasteiger partial charge in [0.1, 0.15) is 6.61 Å². The molecule has 3 aromatic rings. The summed E-state index contributed by atoms with van der Waals surface area (Å²) in [5, 5.41) is 4.70. The zero-order chi connectivity index (χ0) is 21.3. The lowest BCUT2D eigenvalue weighted by Gasteiger charge is -2.13. The van der Waals surface area contributed by atoms with E-state index in [1.54, 1.807) is 12.3 Å². The zero-order valence-electron chi connectivity index (χ0n) is 16.9. The summed E-state index contributed by atoms with van der Waals surface area (Å²) >= 11 is 6.19. The molecule has 1 N–H and O–H groups in total. The fourth-order valence-electron chi connectivity index (χ4n) is 2.78. The van der Waals surface area contributed by atoms with Crippen molar-refractivity contribution >= 4 is 23.7 Å². The van der Waals surface area contributed by atoms with Gasteiger partial charge in [-0.05, 0) is 55.8 Å². The average Bonchev–Trinajstić information content (AvgIpc) is 2.74. The summed E-state index contributed by atoms with van der Waals surface area (Å²) in [6.45, 7) is 4.66. The van der Waals surface area contributed by atoms with Gasteiger partial charge in [0.25, 0.3) is 5.91 Å². The second kappa shape index (κ2) is 10.5. The maximum atomic E-state index is 12.2. The van der Waals surface area contributed by atoms with Crippen molar-refractivity contribution in [1.29, 1.82) is 0 Å². The predicted molar refractivity (Wildman–Crippen MR) is 120 cm³/mol. The molecule has 0 radical (unpaired) electrons. The molecule has 3 rings (SSSR count). The summed E-state index contributed by atoms with van der Waals surface area (Å²) in [7, 11) is 0. The Kier molecular flexibility index (Phi) is 7.46. The number of ether oxygens (including phenoxy) is 2. The van der Waals surface area contributed by atoms with Crippen LogP contribution >= 0.6 is 11.6 Å². The van der Waals surface area contributed by atoms with E-state index in [1.165, 1.54) is 0 Å². The average molecular weight is 423 g/mol. The van der Waals surface area contributed by atoms with E-state index in [0.29, 0.717) is 35.3 Å². The van der Waals surface area contributed by atoms with E-state index in [-0.39, 0.29) is 5.91 Å². The molecule has 0 saturated carbocycles. The Morgan fingerprint density at radius 1 is 1.03 bits per heavy atom. The van der Waals surface area contributed by atoms with E-state index in [1.807, 2.05) is 74.5 Å². The van der Waals surface area contributed by atoms with Crippen LogP contribution in [0.25, 0.3) is 0 Å². The molecule has 154 valence electrons. The number of aryl methyl sites for hydroxylation is 1. The van der Waals surface area contributed by atoms with Gasteiger partial charge in [-0.2, -0.15) is 5.10 Å². The molecule has 0 aliphatic rings. The molecule has 0 spiro atoms. The fraction of sp³-hybridized carbons (Fsp3) is 0.167. The number of rotatable bonds is 8. The molecule has 0 saturated heterocycles. The Morgan fingerprint density at radius 3 is 2.63 bits per heavy atom. The lowest BCUT2D eigenvalue weighted by molar-refractivity contribution is 0.0955. The van der Waals surface area contributed by atoms with Crippen molar-refractivity contribution in [3.63, 3.8) is 0 Å². The smallest absolute Gasteiger partial charge is 0.271 e. The fourth-order valence-corrected chi connectivity index (χ4v) is 2.97. The number of benzene rings is 3. The van der Waals surface area contributed by atoms with Crippen molar-refractivity contribution in [2.45, 2.75) is 20.5 Å². The Bertz CT molecular complexity index is 1050. The van der Waals surface area contributed by atoms with Crippen LogP contribution in [0.5, 0.6) is 11.5 Å². The van der Waals surface area contributed by atoms with E-state index >= 15 is 0 Å². The molecule has 0 aliphatic heterocycles. The first-order chi connectivity index (χ1) is 14.6. The Hall–Kier alpha value is -3.31.